The number of aromatic nitrogens is 3. The molecule has 0 bridgehead atoms. The SMILES string of the molecule is Cc1c(N)cnn1C(=O)c1cccc2ccn(C)c12. The van der Waals surface area contributed by atoms with Gasteiger partial charge >= 0.3 is 0 Å². The van der Waals surface area contributed by atoms with Crippen LogP contribution in [0.15, 0.2) is 36.7 Å². The average molecular weight is 254 g/mol. The number of carbonyl (C=O) groups excluding carboxylic acids is 1. The molecule has 0 unspecified atom stereocenters. The van der Waals surface area contributed by atoms with Crippen molar-refractivity contribution in [1.29, 1.82) is 0 Å². The van der Waals surface area contributed by atoms with E-state index in [4.69, 9.17) is 5.73 Å². The molecule has 0 aliphatic heterocycles. The van der Waals surface area contributed by atoms with E-state index in [0.29, 0.717) is 16.9 Å². The number of anilines is 1. The Labute approximate surface area is 110 Å². The van der Waals surface area contributed by atoms with Crippen molar-refractivity contribution in [2.24, 2.45) is 7.05 Å². The number of fused-ring (bicyclic) bond motifs is 1. The Morgan fingerprint density at radius 3 is 2.79 bits per heavy atom. The number of aryl methyl sites for hydroxylation is 1. The van der Waals surface area contributed by atoms with Crippen LogP contribution in [0.3, 0.4) is 0 Å². The monoisotopic (exact) mass is 254 g/mol. The van der Waals surface area contributed by atoms with Gasteiger partial charge in [-0.15, -0.1) is 0 Å². The third-order valence-electron chi connectivity index (χ3n) is 3.37. The van der Waals surface area contributed by atoms with Crippen LogP contribution in [0.25, 0.3) is 10.9 Å². The van der Waals surface area contributed by atoms with E-state index in [-0.39, 0.29) is 5.91 Å². The van der Waals surface area contributed by atoms with Gasteiger partial charge in [-0.05, 0) is 19.1 Å². The summed E-state index contributed by atoms with van der Waals surface area (Å²) in [6.07, 6.45) is 3.43. The molecule has 0 saturated carbocycles. The first-order chi connectivity index (χ1) is 9.09. The first-order valence-electron chi connectivity index (χ1n) is 5.98. The topological polar surface area (TPSA) is 65.8 Å². The van der Waals surface area contributed by atoms with Crippen LogP contribution in [0.1, 0.15) is 16.1 Å². The highest BCUT2D eigenvalue weighted by Gasteiger charge is 2.17. The van der Waals surface area contributed by atoms with Crippen LogP contribution in [0.4, 0.5) is 5.69 Å². The predicted octanol–water partition coefficient (Wildman–Crippen LogP) is 1.95. The van der Waals surface area contributed by atoms with Gasteiger partial charge in [0.1, 0.15) is 0 Å². The minimum atomic E-state index is -0.165. The molecule has 0 atom stereocenters. The summed E-state index contributed by atoms with van der Waals surface area (Å²) in [5.41, 5.74) is 8.45. The lowest BCUT2D eigenvalue weighted by Crippen LogP contribution is -2.16. The van der Waals surface area contributed by atoms with E-state index in [0.717, 1.165) is 10.9 Å². The Morgan fingerprint density at radius 2 is 2.11 bits per heavy atom. The molecule has 2 aromatic heterocycles. The smallest absolute Gasteiger partial charge is 0.280 e. The number of nitrogen functional groups attached to an aromatic ring is 1. The molecule has 0 amide bonds. The molecular weight excluding hydrogens is 240 g/mol. The lowest BCUT2D eigenvalue weighted by molar-refractivity contribution is 0.0944. The Kier molecular flexibility index (Phi) is 2.41. The Bertz CT molecular complexity index is 782. The van der Waals surface area contributed by atoms with Crippen molar-refractivity contribution in [3.05, 3.63) is 47.9 Å². The standard InChI is InChI=1S/C14H14N4O/c1-9-12(15)8-16-18(9)14(19)11-5-3-4-10-6-7-17(2)13(10)11/h3-8H,15H2,1-2H3. The van der Waals surface area contributed by atoms with Crippen LogP contribution < -0.4 is 5.73 Å². The molecule has 0 aliphatic carbocycles. The summed E-state index contributed by atoms with van der Waals surface area (Å²) in [5, 5.41) is 5.08. The zero-order valence-corrected chi connectivity index (χ0v) is 10.8. The fourth-order valence-electron chi connectivity index (χ4n) is 2.27. The molecule has 1 aromatic carbocycles. The van der Waals surface area contributed by atoms with Crippen molar-refractivity contribution in [2.75, 3.05) is 5.73 Å². The number of carbonyl (C=O) groups is 1. The molecule has 3 aromatic rings. The zero-order chi connectivity index (χ0) is 13.6. The summed E-state index contributed by atoms with van der Waals surface area (Å²) in [6, 6.07) is 7.65. The van der Waals surface area contributed by atoms with Gasteiger partial charge in [0, 0.05) is 18.6 Å². The van der Waals surface area contributed by atoms with E-state index < -0.39 is 0 Å². The van der Waals surface area contributed by atoms with Gasteiger partial charge in [-0.25, -0.2) is 0 Å². The number of rotatable bonds is 1. The first kappa shape index (κ1) is 11.5. The molecule has 0 radical (unpaired) electrons. The molecule has 0 fully saturated rings. The highest BCUT2D eigenvalue weighted by molar-refractivity contribution is 6.07. The van der Waals surface area contributed by atoms with Crippen molar-refractivity contribution in [3.8, 4) is 0 Å². The van der Waals surface area contributed by atoms with Crippen LogP contribution >= 0.6 is 0 Å². The molecule has 5 nitrogen and oxygen atoms in total. The van der Waals surface area contributed by atoms with Gasteiger partial charge in [0.15, 0.2) is 0 Å². The Hall–Kier alpha value is -2.56. The highest BCUT2D eigenvalue weighted by atomic mass is 16.2. The van der Waals surface area contributed by atoms with Gasteiger partial charge in [-0.3, -0.25) is 4.79 Å². The summed E-state index contributed by atoms with van der Waals surface area (Å²) in [4.78, 5) is 12.6. The lowest BCUT2D eigenvalue weighted by atomic mass is 10.1. The predicted molar refractivity (Wildman–Crippen MR) is 74.0 cm³/mol. The number of nitrogens with zero attached hydrogens (tertiary/aromatic N) is 3. The van der Waals surface area contributed by atoms with E-state index in [1.807, 2.05) is 42.1 Å². The van der Waals surface area contributed by atoms with E-state index in [2.05, 4.69) is 5.10 Å². The first-order valence-corrected chi connectivity index (χ1v) is 5.98. The summed E-state index contributed by atoms with van der Waals surface area (Å²) < 4.78 is 3.28. The van der Waals surface area contributed by atoms with Crippen molar-refractivity contribution in [3.63, 3.8) is 0 Å². The van der Waals surface area contributed by atoms with E-state index in [1.165, 1.54) is 10.9 Å². The number of para-hydroxylation sites is 1. The lowest BCUT2D eigenvalue weighted by Gasteiger charge is -2.07. The number of hydrogen-bond acceptors (Lipinski definition) is 3. The molecule has 96 valence electrons. The largest absolute Gasteiger partial charge is 0.396 e. The molecule has 0 saturated heterocycles. The summed E-state index contributed by atoms with van der Waals surface area (Å²) >= 11 is 0. The number of benzene rings is 1. The van der Waals surface area contributed by atoms with Crippen LogP contribution in [-0.4, -0.2) is 20.3 Å². The Balaban J connectivity index is 2.22. The van der Waals surface area contributed by atoms with Crippen LogP contribution in [0, 0.1) is 6.92 Å². The summed E-state index contributed by atoms with van der Waals surface area (Å²) in [6.45, 7) is 1.78. The van der Waals surface area contributed by atoms with Crippen LogP contribution in [0.5, 0.6) is 0 Å². The minimum Gasteiger partial charge on any atom is -0.396 e. The van der Waals surface area contributed by atoms with E-state index in [1.54, 1.807) is 6.92 Å². The maximum Gasteiger partial charge on any atom is 0.280 e. The maximum atomic E-state index is 12.6. The molecule has 2 heterocycles. The van der Waals surface area contributed by atoms with Crippen molar-refractivity contribution in [1.82, 2.24) is 14.3 Å². The van der Waals surface area contributed by atoms with Gasteiger partial charge in [0.05, 0.1) is 28.7 Å². The molecule has 2 N–H and O–H groups in total. The highest BCUT2D eigenvalue weighted by Crippen LogP contribution is 2.21. The fraction of sp³-hybridized carbons (Fsp3) is 0.143. The van der Waals surface area contributed by atoms with Gasteiger partial charge in [-0.1, -0.05) is 12.1 Å². The summed E-state index contributed by atoms with van der Waals surface area (Å²) in [5.74, 6) is -0.165. The van der Waals surface area contributed by atoms with Crippen molar-refractivity contribution < 1.29 is 4.79 Å². The maximum absolute atomic E-state index is 12.6. The number of hydrogen-bond donors (Lipinski definition) is 1. The molecule has 0 spiro atoms. The van der Waals surface area contributed by atoms with Crippen molar-refractivity contribution >= 4 is 22.5 Å². The third kappa shape index (κ3) is 1.62. The second-order valence-electron chi connectivity index (χ2n) is 4.57. The fourth-order valence-corrected chi connectivity index (χ4v) is 2.27. The van der Waals surface area contributed by atoms with Gasteiger partial charge < -0.3 is 10.3 Å². The quantitative estimate of drug-likeness (QED) is 0.721. The third-order valence-corrected chi connectivity index (χ3v) is 3.37. The summed E-state index contributed by atoms with van der Waals surface area (Å²) in [7, 11) is 1.92. The van der Waals surface area contributed by atoms with Gasteiger partial charge in [-0.2, -0.15) is 9.78 Å². The number of nitrogens with two attached hydrogens (primary N) is 1. The van der Waals surface area contributed by atoms with E-state index >= 15 is 0 Å². The average Bonchev–Trinajstić information content (AvgIpc) is 2.94. The normalized spacial score (nSPS) is 11.1. The van der Waals surface area contributed by atoms with E-state index in [9.17, 15) is 4.79 Å². The van der Waals surface area contributed by atoms with Crippen molar-refractivity contribution in [2.45, 2.75) is 6.92 Å². The van der Waals surface area contributed by atoms with Gasteiger partial charge in [0.2, 0.25) is 0 Å². The second-order valence-corrected chi connectivity index (χ2v) is 4.57. The Morgan fingerprint density at radius 1 is 1.32 bits per heavy atom. The molecule has 5 heteroatoms. The molecule has 19 heavy (non-hydrogen) atoms. The van der Waals surface area contributed by atoms with Crippen LogP contribution in [-0.2, 0) is 7.05 Å². The zero-order valence-electron chi connectivity index (χ0n) is 10.8. The molecule has 3 rings (SSSR count). The van der Waals surface area contributed by atoms with Gasteiger partial charge in [0.25, 0.3) is 5.91 Å². The second kappa shape index (κ2) is 3.98. The molecular formula is C14H14N4O. The molecule has 0 aliphatic rings. The minimum absolute atomic E-state index is 0.165. The van der Waals surface area contributed by atoms with Crippen LogP contribution in [0.2, 0.25) is 0 Å².